The van der Waals surface area contributed by atoms with Crippen LogP contribution in [0.15, 0.2) is 42.1 Å². The van der Waals surface area contributed by atoms with Crippen molar-refractivity contribution in [2.75, 3.05) is 13.7 Å². The van der Waals surface area contributed by atoms with Gasteiger partial charge in [0.1, 0.15) is 18.1 Å². The summed E-state index contributed by atoms with van der Waals surface area (Å²) in [5.41, 5.74) is 2.67. The van der Waals surface area contributed by atoms with Crippen LogP contribution in [0.5, 0.6) is 5.75 Å². The van der Waals surface area contributed by atoms with E-state index in [0.29, 0.717) is 19.1 Å². The molecule has 0 bridgehead atoms. The standard InChI is InChI=1S/C19H21N3O2/c1-3-24-21-18(13-22-11-10-20-14-22)17-9-8-16(19(12-17)23-2)7-6-15-4-5-15/h8-12,14-15H,3-5,13H2,1-2H3/b21-18+. The predicted molar refractivity (Wildman–Crippen MR) is 93.0 cm³/mol. The minimum atomic E-state index is 0.523. The number of hydrogen-bond donors (Lipinski definition) is 0. The Bertz CT molecular complexity index is 766. The average Bonchev–Trinajstić information content (AvgIpc) is 3.30. The zero-order valence-corrected chi connectivity index (χ0v) is 14.0. The summed E-state index contributed by atoms with van der Waals surface area (Å²) in [4.78, 5) is 9.34. The number of oxime groups is 1. The van der Waals surface area contributed by atoms with Gasteiger partial charge < -0.3 is 14.1 Å². The van der Waals surface area contributed by atoms with E-state index in [9.17, 15) is 0 Å². The molecule has 1 aromatic carbocycles. The highest BCUT2D eigenvalue weighted by molar-refractivity contribution is 6.00. The van der Waals surface area contributed by atoms with Gasteiger partial charge in [0.15, 0.2) is 0 Å². The average molecular weight is 323 g/mol. The predicted octanol–water partition coefficient (Wildman–Crippen LogP) is 3.09. The molecule has 1 aliphatic rings. The zero-order chi connectivity index (χ0) is 16.8. The van der Waals surface area contributed by atoms with E-state index < -0.39 is 0 Å². The lowest BCUT2D eigenvalue weighted by atomic mass is 10.1. The number of ether oxygens (including phenoxy) is 1. The smallest absolute Gasteiger partial charge is 0.135 e. The monoisotopic (exact) mass is 323 g/mol. The second kappa shape index (κ2) is 7.69. The number of hydrogen-bond acceptors (Lipinski definition) is 4. The van der Waals surface area contributed by atoms with Gasteiger partial charge in [0.25, 0.3) is 0 Å². The van der Waals surface area contributed by atoms with E-state index >= 15 is 0 Å². The molecule has 0 spiro atoms. The molecule has 0 amide bonds. The number of imidazole rings is 1. The van der Waals surface area contributed by atoms with Crippen molar-refractivity contribution in [3.63, 3.8) is 0 Å². The van der Waals surface area contributed by atoms with Crippen LogP contribution in [0.4, 0.5) is 0 Å². The fourth-order valence-electron chi connectivity index (χ4n) is 2.25. The number of methoxy groups -OCH3 is 1. The minimum Gasteiger partial charge on any atom is -0.495 e. The van der Waals surface area contributed by atoms with Gasteiger partial charge in [-0.15, -0.1) is 0 Å². The topological polar surface area (TPSA) is 48.6 Å². The lowest BCUT2D eigenvalue weighted by Crippen LogP contribution is -2.11. The Labute approximate surface area is 142 Å². The van der Waals surface area contributed by atoms with Gasteiger partial charge in [-0.1, -0.05) is 23.1 Å². The van der Waals surface area contributed by atoms with Crippen LogP contribution in [0.1, 0.15) is 30.9 Å². The van der Waals surface area contributed by atoms with E-state index in [2.05, 4.69) is 22.0 Å². The van der Waals surface area contributed by atoms with E-state index in [4.69, 9.17) is 9.57 Å². The maximum atomic E-state index is 5.51. The summed E-state index contributed by atoms with van der Waals surface area (Å²) >= 11 is 0. The van der Waals surface area contributed by atoms with Crippen LogP contribution in [0, 0.1) is 17.8 Å². The van der Waals surface area contributed by atoms with Gasteiger partial charge in [-0.25, -0.2) is 4.98 Å². The second-order valence-electron chi connectivity index (χ2n) is 5.65. The van der Waals surface area contributed by atoms with Crippen LogP contribution < -0.4 is 4.74 Å². The molecule has 1 aliphatic carbocycles. The van der Waals surface area contributed by atoms with Crippen molar-refractivity contribution < 1.29 is 9.57 Å². The van der Waals surface area contributed by atoms with Gasteiger partial charge in [-0.3, -0.25) is 0 Å². The fraction of sp³-hybridized carbons (Fsp3) is 0.368. The van der Waals surface area contributed by atoms with Crippen LogP contribution in [0.25, 0.3) is 0 Å². The summed E-state index contributed by atoms with van der Waals surface area (Å²) in [5.74, 6) is 7.81. The first-order valence-corrected chi connectivity index (χ1v) is 8.14. The molecule has 0 radical (unpaired) electrons. The van der Waals surface area contributed by atoms with Crippen LogP contribution in [0.2, 0.25) is 0 Å². The highest BCUT2D eigenvalue weighted by Gasteiger charge is 2.18. The Kier molecular flexibility index (Phi) is 5.17. The number of nitrogens with zero attached hydrogens (tertiary/aromatic N) is 3. The Hall–Kier alpha value is -2.74. The molecule has 5 heteroatoms. The summed E-state index contributed by atoms with van der Waals surface area (Å²) in [6.07, 6.45) is 7.82. The van der Waals surface area contributed by atoms with Crippen molar-refractivity contribution in [3.8, 4) is 17.6 Å². The minimum absolute atomic E-state index is 0.523. The maximum Gasteiger partial charge on any atom is 0.135 e. The van der Waals surface area contributed by atoms with E-state index in [-0.39, 0.29) is 0 Å². The zero-order valence-electron chi connectivity index (χ0n) is 14.0. The van der Waals surface area contributed by atoms with Crippen LogP contribution in [-0.4, -0.2) is 29.0 Å². The molecule has 1 saturated carbocycles. The first-order valence-electron chi connectivity index (χ1n) is 8.14. The third kappa shape index (κ3) is 4.17. The number of rotatable bonds is 6. The Morgan fingerprint density at radius 1 is 1.42 bits per heavy atom. The van der Waals surface area contributed by atoms with Gasteiger partial charge in [-0.05, 0) is 31.9 Å². The third-order valence-corrected chi connectivity index (χ3v) is 3.72. The maximum absolute atomic E-state index is 5.51. The van der Waals surface area contributed by atoms with E-state index in [0.717, 1.165) is 22.6 Å². The number of aromatic nitrogens is 2. The lowest BCUT2D eigenvalue weighted by Gasteiger charge is -2.10. The van der Waals surface area contributed by atoms with Crippen LogP contribution in [-0.2, 0) is 11.4 Å². The van der Waals surface area contributed by atoms with Gasteiger partial charge in [-0.2, -0.15) is 0 Å². The van der Waals surface area contributed by atoms with E-state index in [1.54, 1.807) is 19.6 Å². The van der Waals surface area contributed by atoms with Crippen LogP contribution >= 0.6 is 0 Å². The molecule has 1 heterocycles. The normalized spacial score (nSPS) is 14.0. The first kappa shape index (κ1) is 16.1. The summed E-state index contributed by atoms with van der Waals surface area (Å²) in [5, 5.41) is 4.25. The fourth-order valence-corrected chi connectivity index (χ4v) is 2.25. The molecule has 0 saturated heterocycles. The van der Waals surface area contributed by atoms with Crippen molar-refractivity contribution in [3.05, 3.63) is 48.0 Å². The summed E-state index contributed by atoms with van der Waals surface area (Å²) in [6, 6.07) is 5.96. The van der Waals surface area contributed by atoms with Gasteiger partial charge in [0, 0.05) is 23.9 Å². The molecule has 1 fully saturated rings. The number of benzene rings is 1. The van der Waals surface area contributed by atoms with Crippen molar-refractivity contribution in [1.82, 2.24) is 9.55 Å². The molecule has 2 aromatic rings. The largest absolute Gasteiger partial charge is 0.495 e. The van der Waals surface area contributed by atoms with Crippen molar-refractivity contribution in [1.29, 1.82) is 0 Å². The van der Waals surface area contributed by atoms with Gasteiger partial charge >= 0.3 is 0 Å². The molecule has 24 heavy (non-hydrogen) atoms. The summed E-state index contributed by atoms with van der Waals surface area (Å²) in [7, 11) is 1.66. The molecule has 3 rings (SSSR count). The molecule has 124 valence electrons. The quantitative estimate of drug-likeness (QED) is 0.466. The molecule has 0 N–H and O–H groups in total. The summed E-state index contributed by atoms with van der Waals surface area (Å²) < 4.78 is 7.46. The molecule has 1 aromatic heterocycles. The third-order valence-electron chi connectivity index (χ3n) is 3.72. The van der Waals surface area contributed by atoms with Crippen molar-refractivity contribution >= 4 is 5.71 Å². The second-order valence-corrected chi connectivity index (χ2v) is 5.65. The van der Waals surface area contributed by atoms with Crippen molar-refractivity contribution in [2.45, 2.75) is 26.3 Å². The Morgan fingerprint density at radius 2 is 2.29 bits per heavy atom. The van der Waals surface area contributed by atoms with Gasteiger partial charge in [0.05, 0.1) is 25.5 Å². The molecule has 0 unspecified atom stereocenters. The molecule has 0 atom stereocenters. The van der Waals surface area contributed by atoms with E-state index in [1.807, 2.05) is 35.9 Å². The van der Waals surface area contributed by atoms with Crippen LogP contribution in [0.3, 0.4) is 0 Å². The SMILES string of the molecule is CCO/N=C(\Cn1ccnc1)c1ccc(C#CC2CC2)c(OC)c1. The highest BCUT2D eigenvalue weighted by atomic mass is 16.6. The van der Waals surface area contributed by atoms with Gasteiger partial charge in [0.2, 0.25) is 0 Å². The molecule has 0 aliphatic heterocycles. The Morgan fingerprint density at radius 3 is 2.96 bits per heavy atom. The van der Waals surface area contributed by atoms with E-state index in [1.165, 1.54) is 12.8 Å². The summed E-state index contributed by atoms with van der Waals surface area (Å²) in [6.45, 7) is 3.02. The van der Waals surface area contributed by atoms with Crippen molar-refractivity contribution in [2.24, 2.45) is 11.1 Å². The Balaban J connectivity index is 1.87. The molecule has 5 nitrogen and oxygen atoms in total. The first-order chi connectivity index (χ1) is 11.8. The lowest BCUT2D eigenvalue weighted by molar-refractivity contribution is 0.158. The molecular formula is C19H21N3O2. The highest BCUT2D eigenvalue weighted by Crippen LogP contribution is 2.28. The molecular weight excluding hydrogens is 302 g/mol.